The van der Waals surface area contributed by atoms with Crippen LogP contribution in [0.15, 0.2) is 22.7 Å². The van der Waals surface area contributed by atoms with E-state index >= 15 is 0 Å². The van der Waals surface area contributed by atoms with Crippen LogP contribution in [-0.4, -0.2) is 31.6 Å². The maximum atomic E-state index is 11.9. The maximum Gasteiger partial charge on any atom is 0.223 e. The van der Waals surface area contributed by atoms with Gasteiger partial charge in [-0.2, -0.15) is 0 Å². The highest BCUT2D eigenvalue weighted by Crippen LogP contribution is 2.27. The van der Waals surface area contributed by atoms with Crippen molar-refractivity contribution in [3.8, 4) is 5.75 Å². The van der Waals surface area contributed by atoms with Crippen LogP contribution in [-0.2, 0) is 4.79 Å². The van der Waals surface area contributed by atoms with E-state index in [1.165, 1.54) is 0 Å². The van der Waals surface area contributed by atoms with Gasteiger partial charge in [0.1, 0.15) is 5.75 Å². The molecule has 0 spiro atoms. The van der Waals surface area contributed by atoms with Gasteiger partial charge in [-0.3, -0.25) is 4.79 Å². The van der Waals surface area contributed by atoms with Crippen LogP contribution in [0.25, 0.3) is 0 Å². The van der Waals surface area contributed by atoms with Crippen LogP contribution in [0.5, 0.6) is 5.75 Å². The lowest BCUT2D eigenvalue weighted by Gasteiger charge is -2.30. The lowest BCUT2D eigenvalue weighted by atomic mass is 9.95. The van der Waals surface area contributed by atoms with Gasteiger partial charge in [0.2, 0.25) is 5.91 Å². The molecule has 2 unspecified atom stereocenters. The topological polar surface area (TPSA) is 50.4 Å². The summed E-state index contributed by atoms with van der Waals surface area (Å²) in [6.07, 6.45) is 1.34. The molecule has 0 bridgehead atoms. The Hall–Kier alpha value is -0.780. The van der Waals surface area contributed by atoms with Crippen LogP contribution < -0.4 is 15.4 Å². The Bertz CT molecular complexity index is 499. The van der Waals surface area contributed by atoms with Crippen LogP contribution in [0, 0.1) is 5.92 Å². The standard InChI is InChI=1S/C15H20BrClN2O2/c1-10-9-18-6-4-13(10)19-15(20)5-7-21-14-3-2-11(17)8-12(14)16/h2-3,8,10,13,18H,4-7,9H2,1H3,(H,19,20). The lowest BCUT2D eigenvalue weighted by molar-refractivity contribution is -0.122. The first-order chi connectivity index (χ1) is 10.1. The molecule has 1 saturated heterocycles. The fraction of sp³-hybridized carbons (Fsp3) is 0.533. The average molecular weight is 376 g/mol. The van der Waals surface area contributed by atoms with Crippen molar-refractivity contribution in [3.05, 3.63) is 27.7 Å². The highest BCUT2D eigenvalue weighted by Gasteiger charge is 2.22. The van der Waals surface area contributed by atoms with Gasteiger partial charge in [-0.15, -0.1) is 0 Å². The zero-order valence-electron chi connectivity index (χ0n) is 12.0. The first-order valence-electron chi connectivity index (χ1n) is 7.14. The van der Waals surface area contributed by atoms with Crippen molar-refractivity contribution in [1.82, 2.24) is 10.6 Å². The van der Waals surface area contributed by atoms with E-state index in [1.807, 2.05) is 0 Å². The molecule has 1 aliphatic heterocycles. The molecule has 2 N–H and O–H groups in total. The predicted octanol–water partition coefficient (Wildman–Crippen LogP) is 2.99. The van der Waals surface area contributed by atoms with E-state index < -0.39 is 0 Å². The third kappa shape index (κ3) is 5.16. The summed E-state index contributed by atoms with van der Waals surface area (Å²) < 4.78 is 6.39. The van der Waals surface area contributed by atoms with Crippen molar-refractivity contribution in [1.29, 1.82) is 0 Å². The van der Waals surface area contributed by atoms with Gasteiger partial charge in [0.25, 0.3) is 0 Å². The number of amides is 1. The number of ether oxygens (including phenoxy) is 1. The number of nitrogens with one attached hydrogen (secondary N) is 2. The molecule has 1 fully saturated rings. The molecule has 1 aromatic carbocycles. The molecule has 1 aliphatic rings. The first-order valence-corrected chi connectivity index (χ1v) is 8.31. The summed E-state index contributed by atoms with van der Waals surface area (Å²) in [6.45, 7) is 4.42. The van der Waals surface area contributed by atoms with Gasteiger partial charge in [-0.1, -0.05) is 18.5 Å². The molecule has 1 amide bonds. The van der Waals surface area contributed by atoms with Gasteiger partial charge < -0.3 is 15.4 Å². The Kier molecular flexibility index (Phi) is 6.33. The van der Waals surface area contributed by atoms with Gasteiger partial charge in [-0.25, -0.2) is 0 Å². The van der Waals surface area contributed by atoms with Gasteiger partial charge in [0.05, 0.1) is 17.5 Å². The molecule has 0 saturated carbocycles. The number of benzene rings is 1. The summed E-state index contributed by atoms with van der Waals surface area (Å²) in [5.74, 6) is 1.20. The van der Waals surface area contributed by atoms with E-state index in [9.17, 15) is 4.79 Å². The number of piperidine rings is 1. The zero-order valence-corrected chi connectivity index (χ0v) is 14.3. The molecule has 4 nitrogen and oxygen atoms in total. The Morgan fingerprint density at radius 3 is 3.10 bits per heavy atom. The Balaban J connectivity index is 1.73. The molecular weight excluding hydrogens is 356 g/mol. The normalized spacial score (nSPS) is 21.9. The minimum Gasteiger partial charge on any atom is -0.492 e. The molecule has 2 rings (SSSR count). The van der Waals surface area contributed by atoms with E-state index in [1.54, 1.807) is 18.2 Å². The minimum atomic E-state index is 0.0406. The number of halogens is 2. The van der Waals surface area contributed by atoms with Crippen LogP contribution >= 0.6 is 27.5 Å². The van der Waals surface area contributed by atoms with Crippen molar-refractivity contribution in [2.75, 3.05) is 19.7 Å². The number of carbonyl (C=O) groups is 1. The average Bonchev–Trinajstić information content (AvgIpc) is 2.44. The predicted molar refractivity (Wildman–Crippen MR) is 87.8 cm³/mol. The Morgan fingerprint density at radius 1 is 1.57 bits per heavy atom. The van der Waals surface area contributed by atoms with Crippen molar-refractivity contribution in [2.24, 2.45) is 5.92 Å². The number of rotatable bonds is 5. The van der Waals surface area contributed by atoms with Crippen molar-refractivity contribution < 1.29 is 9.53 Å². The van der Waals surface area contributed by atoms with E-state index in [-0.39, 0.29) is 11.9 Å². The lowest BCUT2D eigenvalue weighted by Crippen LogP contribution is -2.48. The molecule has 0 aliphatic carbocycles. The summed E-state index contributed by atoms with van der Waals surface area (Å²) in [7, 11) is 0. The van der Waals surface area contributed by atoms with E-state index in [4.69, 9.17) is 16.3 Å². The summed E-state index contributed by atoms with van der Waals surface area (Å²) in [5, 5.41) is 7.05. The van der Waals surface area contributed by atoms with Crippen LogP contribution in [0.2, 0.25) is 5.02 Å². The quantitative estimate of drug-likeness (QED) is 0.832. The van der Waals surface area contributed by atoms with Gasteiger partial charge in [0, 0.05) is 11.1 Å². The fourth-order valence-electron chi connectivity index (χ4n) is 2.35. The molecule has 0 aromatic heterocycles. The molecule has 1 heterocycles. The van der Waals surface area contributed by atoms with Crippen LogP contribution in [0.1, 0.15) is 19.8 Å². The van der Waals surface area contributed by atoms with Crippen molar-refractivity contribution in [3.63, 3.8) is 0 Å². The molecule has 0 radical (unpaired) electrons. The third-order valence-electron chi connectivity index (χ3n) is 3.61. The van der Waals surface area contributed by atoms with E-state index in [0.717, 1.165) is 24.0 Å². The SMILES string of the molecule is CC1CNCCC1NC(=O)CCOc1ccc(Cl)cc1Br. The van der Waals surface area contributed by atoms with Crippen LogP contribution in [0.3, 0.4) is 0 Å². The second-order valence-corrected chi connectivity index (χ2v) is 6.61. The largest absolute Gasteiger partial charge is 0.492 e. The van der Waals surface area contributed by atoms with Crippen LogP contribution in [0.4, 0.5) is 0 Å². The van der Waals surface area contributed by atoms with Gasteiger partial charge in [-0.05, 0) is 59.6 Å². The number of hydrogen-bond acceptors (Lipinski definition) is 3. The molecular formula is C15H20BrClN2O2. The minimum absolute atomic E-state index is 0.0406. The van der Waals surface area contributed by atoms with Crippen molar-refractivity contribution in [2.45, 2.75) is 25.8 Å². The maximum absolute atomic E-state index is 11.9. The molecule has 6 heteroatoms. The van der Waals surface area contributed by atoms with Gasteiger partial charge >= 0.3 is 0 Å². The molecule has 116 valence electrons. The third-order valence-corrected chi connectivity index (χ3v) is 4.47. The number of carbonyl (C=O) groups excluding carboxylic acids is 1. The highest BCUT2D eigenvalue weighted by molar-refractivity contribution is 9.10. The molecule has 1 aromatic rings. The smallest absolute Gasteiger partial charge is 0.223 e. The summed E-state index contributed by atoms with van der Waals surface area (Å²) in [5.41, 5.74) is 0. The highest BCUT2D eigenvalue weighted by atomic mass is 79.9. The summed E-state index contributed by atoms with van der Waals surface area (Å²) >= 11 is 9.25. The van der Waals surface area contributed by atoms with E-state index in [0.29, 0.717) is 29.7 Å². The number of hydrogen-bond donors (Lipinski definition) is 2. The zero-order chi connectivity index (χ0) is 15.2. The second kappa shape index (κ2) is 8.01. The first kappa shape index (κ1) is 16.6. The molecule has 2 atom stereocenters. The Morgan fingerprint density at radius 2 is 2.38 bits per heavy atom. The summed E-state index contributed by atoms with van der Waals surface area (Å²) in [4.78, 5) is 11.9. The van der Waals surface area contributed by atoms with E-state index in [2.05, 4.69) is 33.5 Å². The van der Waals surface area contributed by atoms with Gasteiger partial charge in [0.15, 0.2) is 0 Å². The fourth-order valence-corrected chi connectivity index (χ4v) is 3.15. The monoisotopic (exact) mass is 374 g/mol. The summed E-state index contributed by atoms with van der Waals surface area (Å²) in [6, 6.07) is 5.59. The Labute approximate surface area is 138 Å². The second-order valence-electron chi connectivity index (χ2n) is 5.32. The van der Waals surface area contributed by atoms with Crippen molar-refractivity contribution >= 4 is 33.4 Å². The molecule has 21 heavy (non-hydrogen) atoms.